The van der Waals surface area contributed by atoms with E-state index >= 15 is 0 Å². The van der Waals surface area contributed by atoms with Crippen molar-refractivity contribution in [1.82, 2.24) is 0 Å². The standard InChI is InChI=1S/C10H9F3N2O2/c1-6(9(16)17)14-15-8-4-2-7(3-5-8)10(11,12)13/h2-5,15H,1H3,(H,16,17)/b14-6+. The first-order valence-corrected chi connectivity index (χ1v) is 4.51. The van der Waals surface area contributed by atoms with Gasteiger partial charge in [0.05, 0.1) is 11.3 Å². The lowest BCUT2D eigenvalue weighted by molar-refractivity contribution is -0.137. The SMILES string of the molecule is C/C(=N\Nc1ccc(C(F)(F)F)cc1)C(=O)O. The number of anilines is 1. The molecule has 0 atom stereocenters. The highest BCUT2D eigenvalue weighted by Gasteiger charge is 2.29. The predicted molar refractivity (Wildman–Crippen MR) is 55.8 cm³/mol. The highest BCUT2D eigenvalue weighted by Crippen LogP contribution is 2.29. The molecule has 0 aliphatic rings. The van der Waals surface area contributed by atoms with Gasteiger partial charge in [-0.25, -0.2) is 4.79 Å². The van der Waals surface area contributed by atoms with Crippen LogP contribution < -0.4 is 5.43 Å². The molecule has 0 bridgehead atoms. The molecule has 1 rings (SSSR count). The molecule has 1 aromatic carbocycles. The minimum Gasteiger partial charge on any atom is -0.477 e. The largest absolute Gasteiger partial charge is 0.477 e. The van der Waals surface area contributed by atoms with Crippen molar-refractivity contribution in [2.45, 2.75) is 13.1 Å². The van der Waals surface area contributed by atoms with Crippen LogP contribution in [0, 0.1) is 0 Å². The molecule has 4 nitrogen and oxygen atoms in total. The number of carboxylic acids is 1. The number of hydrogen-bond acceptors (Lipinski definition) is 3. The Kier molecular flexibility index (Phi) is 3.72. The maximum Gasteiger partial charge on any atom is 0.416 e. The third kappa shape index (κ3) is 3.78. The van der Waals surface area contributed by atoms with Crippen molar-refractivity contribution in [2.24, 2.45) is 5.10 Å². The fraction of sp³-hybridized carbons (Fsp3) is 0.200. The van der Waals surface area contributed by atoms with Crippen molar-refractivity contribution < 1.29 is 23.1 Å². The van der Waals surface area contributed by atoms with E-state index in [1.165, 1.54) is 19.1 Å². The van der Waals surface area contributed by atoms with Gasteiger partial charge < -0.3 is 5.11 Å². The Morgan fingerprint density at radius 1 is 1.29 bits per heavy atom. The maximum atomic E-state index is 12.2. The van der Waals surface area contributed by atoms with E-state index in [0.717, 1.165) is 12.1 Å². The third-order valence-corrected chi connectivity index (χ3v) is 1.87. The van der Waals surface area contributed by atoms with Crippen LogP contribution in [-0.2, 0) is 11.0 Å². The van der Waals surface area contributed by atoms with E-state index in [0.29, 0.717) is 0 Å². The number of hydrazone groups is 1. The van der Waals surface area contributed by atoms with Crippen molar-refractivity contribution in [1.29, 1.82) is 0 Å². The zero-order valence-corrected chi connectivity index (χ0v) is 8.75. The minimum absolute atomic E-state index is 0.190. The van der Waals surface area contributed by atoms with Gasteiger partial charge in [0, 0.05) is 0 Å². The summed E-state index contributed by atoms with van der Waals surface area (Å²) in [4.78, 5) is 10.4. The lowest BCUT2D eigenvalue weighted by Crippen LogP contribution is -2.10. The smallest absolute Gasteiger partial charge is 0.416 e. The fourth-order valence-electron chi connectivity index (χ4n) is 0.930. The molecule has 0 aliphatic carbocycles. The highest BCUT2D eigenvalue weighted by atomic mass is 19.4. The second-order valence-corrected chi connectivity index (χ2v) is 3.19. The first kappa shape index (κ1) is 13.0. The normalized spacial score (nSPS) is 12.4. The summed E-state index contributed by atoms with van der Waals surface area (Å²) in [6.45, 7) is 1.26. The van der Waals surface area contributed by atoms with E-state index in [4.69, 9.17) is 5.11 Å². The van der Waals surface area contributed by atoms with Crippen LogP contribution in [0.5, 0.6) is 0 Å². The first-order valence-electron chi connectivity index (χ1n) is 4.51. The van der Waals surface area contributed by atoms with Crippen LogP contribution in [0.4, 0.5) is 18.9 Å². The summed E-state index contributed by atoms with van der Waals surface area (Å²) in [5, 5.41) is 12.0. The van der Waals surface area contributed by atoms with Crippen molar-refractivity contribution in [3.63, 3.8) is 0 Å². The molecular weight excluding hydrogens is 237 g/mol. The van der Waals surface area contributed by atoms with Crippen molar-refractivity contribution >= 4 is 17.4 Å². The zero-order valence-electron chi connectivity index (χ0n) is 8.75. The van der Waals surface area contributed by atoms with Crippen LogP contribution in [0.3, 0.4) is 0 Å². The number of alkyl halides is 3. The average Bonchev–Trinajstić information content (AvgIpc) is 2.25. The van der Waals surface area contributed by atoms with Gasteiger partial charge in [-0.1, -0.05) is 0 Å². The van der Waals surface area contributed by atoms with Gasteiger partial charge in [0.2, 0.25) is 0 Å². The molecule has 0 saturated heterocycles. The molecule has 2 N–H and O–H groups in total. The van der Waals surface area contributed by atoms with Gasteiger partial charge >= 0.3 is 12.1 Å². The summed E-state index contributed by atoms with van der Waals surface area (Å²) in [5.74, 6) is -1.20. The third-order valence-electron chi connectivity index (χ3n) is 1.87. The van der Waals surface area contributed by atoms with Gasteiger partial charge in [0.1, 0.15) is 5.71 Å². The molecule has 0 fully saturated rings. The Bertz CT molecular complexity index is 438. The summed E-state index contributed by atoms with van der Waals surface area (Å²) >= 11 is 0. The quantitative estimate of drug-likeness (QED) is 0.636. The van der Waals surface area contributed by atoms with Crippen LogP contribution in [0.15, 0.2) is 29.4 Å². The van der Waals surface area contributed by atoms with E-state index in [-0.39, 0.29) is 11.4 Å². The number of carboxylic acid groups (broad SMARTS) is 1. The molecule has 0 unspecified atom stereocenters. The molecular formula is C10H9F3N2O2. The number of nitrogens with one attached hydrogen (secondary N) is 1. The monoisotopic (exact) mass is 246 g/mol. The van der Waals surface area contributed by atoms with E-state index < -0.39 is 17.7 Å². The summed E-state index contributed by atoms with van der Waals surface area (Å²) in [5.41, 5.74) is 1.65. The molecule has 0 saturated carbocycles. The van der Waals surface area contributed by atoms with Crippen molar-refractivity contribution in [2.75, 3.05) is 5.43 Å². The lowest BCUT2D eigenvalue weighted by atomic mass is 10.2. The minimum atomic E-state index is -4.39. The molecule has 1 aromatic rings. The molecule has 17 heavy (non-hydrogen) atoms. The van der Waals surface area contributed by atoms with Gasteiger partial charge in [-0.3, -0.25) is 5.43 Å². The summed E-state index contributed by atoms with van der Waals surface area (Å²) in [6, 6.07) is 4.10. The summed E-state index contributed by atoms with van der Waals surface area (Å²) in [6.07, 6.45) is -4.39. The van der Waals surface area contributed by atoms with Crippen LogP contribution in [0.25, 0.3) is 0 Å². The molecule has 0 aliphatic heterocycles. The van der Waals surface area contributed by atoms with Crippen LogP contribution in [0.2, 0.25) is 0 Å². The summed E-state index contributed by atoms with van der Waals surface area (Å²) < 4.78 is 36.6. The number of hydrogen-bond donors (Lipinski definition) is 2. The van der Waals surface area contributed by atoms with Gasteiger partial charge in [0.15, 0.2) is 0 Å². The lowest BCUT2D eigenvalue weighted by Gasteiger charge is -2.07. The van der Waals surface area contributed by atoms with Crippen LogP contribution in [0.1, 0.15) is 12.5 Å². The molecule has 92 valence electrons. The molecule has 7 heteroatoms. The summed E-state index contributed by atoms with van der Waals surface area (Å²) in [7, 11) is 0. The molecule has 0 spiro atoms. The molecule has 0 radical (unpaired) electrons. The number of halogens is 3. The van der Waals surface area contributed by atoms with Gasteiger partial charge in [-0.05, 0) is 31.2 Å². The number of carbonyl (C=O) groups is 1. The van der Waals surface area contributed by atoms with Crippen molar-refractivity contribution in [3.05, 3.63) is 29.8 Å². The number of benzene rings is 1. The topological polar surface area (TPSA) is 61.7 Å². The highest BCUT2D eigenvalue weighted by molar-refractivity contribution is 6.34. The van der Waals surface area contributed by atoms with Gasteiger partial charge in [-0.15, -0.1) is 0 Å². The van der Waals surface area contributed by atoms with Crippen LogP contribution in [-0.4, -0.2) is 16.8 Å². The van der Waals surface area contributed by atoms with E-state index in [2.05, 4.69) is 10.5 Å². The van der Waals surface area contributed by atoms with E-state index in [1.54, 1.807) is 0 Å². The second kappa shape index (κ2) is 4.86. The number of rotatable bonds is 3. The molecule has 0 aromatic heterocycles. The van der Waals surface area contributed by atoms with Crippen molar-refractivity contribution in [3.8, 4) is 0 Å². The van der Waals surface area contributed by atoms with E-state index in [9.17, 15) is 18.0 Å². The fourth-order valence-corrected chi connectivity index (χ4v) is 0.930. The van der Waals surface area contributed by atoms with Gasteiger partial charge in [0.25, 0.3) is 0 Å². The number of aliphatic carboxylic acids is 1. The van der Waals surface area contributed by atoms with E-state index in [1.807, 2.05) is 0 Å². The first-order chi connectivity index (χ1) is 7.80. The Balaban J connectivity index is 2.76. The number of nitrogens with zero attached hydrogens (tertiary/aromatic N) is 1. The second-order valence-electron chi connectivity index (χ2n) is 3.19. The Morgan fingerprint density at radius 3 is 2.24 bits per heavy atom. The zero-order chi connectivity index (χ0) is 13.1. The molecule has 0 amide bonds. The van der Waals surface area contributed by atoms with Crippen LogP contribution >= 0.6 is 0 Å². The predicted octanol–water partition coefficient (Wildman–Crippen LogP) is 2.58. The Hall–Kier alpha value is -2.05. The van der Waals surface area contributed by atoms with Gasteiger partial charge in [-0.2, -0.15) is 18.3 Å². The Morgan fingerprint density at radius 2 is 1.82 bits per heavy atom. The Labute approximate surface area is 94.8 Å². The molecule has 0 heterocycles. The average molecular weight is 246 g/mol. The maximum absolute atomic E-state index is 12.2.